The Morgan fingerprint density at radius 2 is 1.75 bits per heavy atom. The van der Waals surface area contributed by atoms with E-state index in [-0.39, 0.29) is 5.60 Å². The first-order chi connectivity index (χ1) is 9.64. The highest BCUT2D eigenvalue weighted by atomic mass is 16.5. The Morgan fingerprint density at radius 1 is 1.05 bits per heavy atom. The van der Waals surface area contributed by atoms with Gasteiger partial charge in [0, 0.05) is 24.6 Å². The molecule has 1 N–H and O–H groups in total. The fourth-order valence-corrected chi connectivity index (χ4v) is 2.82. The summed E-state index contributed by atoms with van der Waals surface area (Å²) in [7, 11) is 0. The summed E-state index contributed by atoms with van der Waals surface area (Å²) in [6.07, 6.45) is 0.983. The van der Waals surface area contributed by atoms with Crippen molar-refractivity contribution in [3.05, 3.63) is 65.7 Å². The lowest BCUT2D eigenvalue weighted by molar-refractivity contribution is 0.0657. The third-order valence-electron chi connectivity index (χ3n) is 3.77. The molecule has 0 fully saturated rings. The van der Waals surface area contributed by atoms with Crippen LogP contribution < -0.4 is 10.1 Å². The van der Waals surface area contributed by atoms with Crippen molar-refractivity contribution < 1.29 is 4.74 Å². The van der Waals surface area contributed by atoms with Gasteiger partial charge in [-0.3, -0.25) is 0 Å². The summed E-state index contributed by atoms with van der Waals surface area (Å²) in [4.78, 5) is 0. The number of para-hydroxylation sites is 1. The molecule has 2 nitrogen and oxygen atoms in total. The number of nitrogens with one attached hydrogen (secondary N) is 1. The average molecular weight is 267 g/mol. The molecule has 2 aromatic rings. The molecule has 0 aromatic heterocycles. The van der Waals surface area contributed by atoms with Crippen LogP contribution in [0.15, 0.2) is 54.6 Å². The molecule has 0 amide bonds. The molecule has 104 valence electrons. The zero-order chi connectivity index (χ0) is 14.0. The summed E-state index contributed by atoms with van der Waals surface area (Å²) < 4.78 is 6.06. The zero-order valence-corrected chi connectivity index (χ0v) is 12.1. The van der Waals surface area contributed by atoms with Crippen LogP contribution in [0, 0.1) is 0 Å². The van der Waals surface area contributed by atoms with Gasteiger partial charge in [-0.15, -0.1) is 0 Å². The fraction of sp³-hybridized carbons (Fsp3) is 0.333. The number of fused-ring (bicyclic) bond motifs is 1. The molecule has 2 aromatic carbocycles. The first-order valence-electron chi connectivity index (χ1n) is 7.19. The minimum absolute atomic E-state index is 0.122. The number of ether oxygens (including phenoxy) is 1. The maximum absolute atomic E-state index is 6.06. The SMILES string of the molecule is CC1(C)CC(NCc2ccccc2)c2ccccc2O1. The van der Waals surface area contributed by atoms with Crippen molar-refractivity contribution in [2.45, 2.75) is 38.5 Å². The highest BCUT2D eigenvalue weighted by molar-refractivity contribution is 5.38. The predicted octanol–water partition coefficient (Wildman–Crippen LogP) is 4.08. The number of rotatable bonds is 3. The number of hydrogen-bond acceptors (Lipinski definition) is 2. The van der Waals surface area contributed by atoms with E-state index in [2.05, 4.69) is 67.7 Å². The van der Waals surface area contributed by atoms with Gasteiger partial charge in [0.05, 0.1) is 0 Å². The third kappa shape index (κ3) is 2.86. The Labute approximate surface area is 120 Å². The van der Waals surface area contributed by atoms with Crippen LogP contribution in [-0.2, 0) is 6.54 Å². The standard InChI is InChI=1S/C18H21NO/c1-18(2)12-16(15-10-6-7-11-17(15)20-18)19-13-14-8-4-3-5-9-14/h3-11,16,19H,12-13H2,1-2H3. The smallest absolute Gasteiger partial charge is 0.124 e. The number of hydrogen-bond donors (Lipinski definition) is 1. The van der Waals surface area contributed by atoms with E-state index in [1.165, 1.54) is 11.1 Å². The minimum atomic E-state index is -0.122. The van der Waals surface area contributed by atoms with Crippen molar-refractivity contribution in [3.8, 4) is 5.75 Å². The molecule has 0 saturated heterocycles. The monoisotopic (exact) mass is 267 g/mol. The van der Waals surface area contributed by atoms with Gasteiger partial charge in [0.1, 0.15) is 11.4 Å². The molecule has 1 aliphatic rings. The van der Waals surface area contributed by atoms with Crippen LogP contribution in [0.5, 0.6) is 5.75 Å². The quantitative estimate of drug-likeness (QED) is 0.904. The molecule has 3 rings (SSSR count). The lowest BCUT2D eigenvalue weighted by atomic mass is 9.89. The molecule has 0 radical (unpaired) electrons. The van der Waals surface area contributed by atoms with Crippen molar-refractivity contribution in [1.82, 2.24) is 5.32 Å². The largest absolute Gasteiger partial charge is 0.487 e. The lowest BCUT2D eigenvalue weighted by Gasteiger charge is -2.38. The highest BCUT2D eigenvalue weighted by Crippen LogP contribution is 2.39. The first kappa shape index (κ1) is 13.2. The highest BCUT2D eigenvalue weighted by Gasteiger charge is 2.33. The summed E-state index contributed by atoms with van der Waals surface area (Å²) in [5, 5.41) is 3.67. The van der Waals surface area contributed by atoms with Gasteiger partial charge in [-0.05, 0) is 25.5 Å². The van der Waals surface area contributed by atoms with Crippen LogP contribution in [0.2, 0.25) is 0 Å². The second-order valence-corrected chi connectivity index (χ2v) is 6.02. The molecule has 0 spiro atoms. The maximum Gasteiger partial charge on any atom is 0.124 e. The Morgan fingerprint density at radius 3 is 2.55 bits per heavy atom. The van der Waals surface area contributed by atoms with Crippen LogP contribution in [-0.4, -0.2) is 5.60 Å². The van der Waals surface area contributed by atoms with E-state index in [4.69, 9.17) is 4.74 Å². The molecule has 1 atom stereocenters. The van der Waals surface area contributed by atoms with E-state index in [1.54, 1.807) is 0 Å². The molecule has 1 unspecified atom stereocenters. The third-order valence-corrected chi connectivity index (χ3v) is 3.77. The summed E-state index contributed by atoms with van der Waals surface area (Å²) in [5.74, 6) is 1.01. The normalized spacial score (nSPS) is 20.0. The Bertz CT molecular complexity index is 577. The summed E-state index contributed by atoms with van der Waals surface area (Å²) in [5.41, 5.74) is 2.46. The molecule has 20 heavy (non-hydrogen) atoms. The van der Waals surface area contributed by atoms with Gasteiger partial charge in [-0.1, -0.05) is 48.5 Å². The van der Waals surface area contributed by atoms with Crippen molar-refractivity contribution in [1.29, 1.82) is 0 Å². The maximum atomic E-state index is 6.06. The van der Waals surface area contributed by atoms with Crippen LogP contribution in [0.1, 0.15) is 37.4 Å². The van der Waals surface area contributed by atoms with E-state index >= 15 is 0 Å². The van der Waals surface area contributed by atoms with Crippen LogP contribution in [0.25, 0.3) is 0 Å². The van der Waals surface area contributed by atoms with Gasteiger partial charge < -0.3 is 10.1 Å². The van der Waals surface area contributed by atoms with Crippen LogP contribution in [0.3, 0.4) is 0 Å². The molecule has 0 bridgehead atoms. The molecule has 0 saturated carbocycles. The van der Waals surface area contributed by atoms with E-state index in [1.807, 2.05) is 6.07 Å². The molecule has 1 heterocycles. The molecule has 2 heteroatoms. The van der Waals surface area contributed by atoms with Crippen molar-refractivity contribution in [2.24, 2.45) is 0 Å². The van der Waals surface area contributed by atoms with Gasteiger partial charge in [0.25, 0.3) is 0 Å². The summed E-state index contributed by atoms with van der Waals surface area (Å²) in [6.45, 7) is 5.19. The van der Waals surface area contributed by atoms with Gasteiger partial charge in [0.15, 0.2) is 0 Å². The minimum Gasteiger partial charge on any atom is -0.487 e. The summed E-state index contributed by atoms with van der Waals surface area (Å²) >= 11 is 0. The van der Waals surface area contributed by atoms with Gasteiger partial charge in [-0.25, -0.2) is 0 Å². The average Bonchev–Trinajstić information content (AvgIpc) is 2.45. The van der Waals surface area contributed by atoms with E-state index in [9.17, 15) is 0 Å². The Balaban J connectivity index is 1.79. The Kier molecular flexibility index (Phi) is 3.49. The molecular weight excluding hydrogens is 246 g/mol. The van der Waals surface area contributed by atoms with Crippen LogP contribution in [0.4, 0.5) is 0 Å². The second kappa shape index (κ2) is 5.29. The van der Waals surface area contributed by atoms with E-state index < -0.39 is 0 Å². The number of benzene rings is 2. The van der Waals surface area contributed by atoms with Crippen LogP contribution >= 0.6 is 0 Å². The molecule has 0 aliphatic carbocycles. The second-order valence-electron chi connectivity index (χ2n) is 6.02. The fourth-order valence-electron chi connectivity index (χ4n) is 2.82. The van der Waals surface area contributed by atoms with Gasteiger partial charge in [0.2, 0.25) is 0 Å². The topological polar surface area (TPSA) is 21.3 Å². The van der Waals surface area contributed by atoms with Crippen molar-refractivity contribution in [2.75, 3.05) is 0 Å². The zero-order valence-electron chi connectivity index (χ0n) is 12.1. The van der Waals surface area contributed by atoms with Gasteiger partial charge >= 0.3 is 0 Å². The van der Waals surface area contributed by atoms with E-state index in [0.29, 0.717) is 6.04 Å². The lowest BCUT2D eigenvalue weighted by Crippen LogP contribution is -2.39. The Hall–Kier alpha value is -1.80. The van der Waals surface area contributed by atoms with Crippen molar-refractivity contribution >= 4 is 0 Å². The first-order valence-corrected chi connectivity index (χ1v) is 7.19. The molecular formula is C18H21NO. The predicted molar refractivity (Wildman–Crippen MR) is 81.8 cm³/mol. The molecule has 1 aliphatic heterocycles. The van der Waals surface area contributed by atoms with Crippen molar-refractivity contribution in [3.63, 3.8) is 0 Å². The van der Waals surface area contributed by atoms with E-state index in [0.717, 1.165) is 18.7 Å². The van der Waals surface area contributed by atoms with Gasteiger partial charge in [-0.2, -0.15) is 0 Å². The summed E-state index contributed by atoms with van der Waals surface area (Å²) in [6, 6.07) is 19.2.